The summed E-state index contributed by atoms with van der Waals surface area (Å²) < 4.78 is 5.33. The van der Waals surface area contributed by atoms with Gasteiger partial charge in [-0.2, -0.15) is 23.5 Å². The molecule has 30 heavy (non-hydrogen) atoms. The Kier molecular flexibility index (Phi) is 16.7. The molecular weight excluding hydrogens is 470 g/mol. The van der Waals surface area contributed by atoms with Gasteiger partial charge in [-0.15, -0.1) is 10.9 Å². The Balaban J connectivity index is 0. The fourth-order valence-corrected chi connectivity index (χ4v) is 3.25. The Morgan fingerprint density at radius 3 is 2.50 bits per heavy atom. The molecule has 1 aliphatic heterocycles. The van der Waals surface area contributed by atoms with E-state index in [0.29, 0.717) is 13.0 Å². The van der Waals surface area contributed by atoms with Crippen LogP contribution in [0.2, 0.25) is 0 Å². The first-order chi connectivity index (χ1) is 13.3. The van der Waals surface area contributed by atoms with Crippen molar-refractivity contribution >= 4 is 31.4 Å². The Hall–Kier alpha value is -1.43. The number of anilines is 1. The summed E-state index contributed by atoms with van der Waals surface area (Å²) in [5, 5.41) is 6.21. The predicted octanol–water partition coefficient (Wildman–Crippen LogP) is 4.26. The van der Waals surface area contributed by atoms with Crippen molar-refractivity contribution in [2.75, 3.05) is 18.5 Å². The van der Waals surface area contributed by atoms with Crippen LogP contribution in [0, 0.1) is 13.8 Å². The van der Waals surface area contributed by atoms with E-state index in [4.69, 9.17) is 4.74 Å². The molecule has 8 heteroatoms. The van der Waals surface area contributed by atoms with Gasteiger partial charge in [0.05, 0.1) is 12.6 Å². The third-order valence-electron chi connectivity index (χ3n) is 3.60. The average molecular weight is 501 g/mol. The molecule has 160 valence electrons. The van der Waals surface area contributed by atoms with Crippen molar-refractivity contribution in [3.8, 4) is 5.75 Å². The number of ether oxygens (including phenoxy) is 1. The van der Waals surface area contributed by atoms with Crippen molar-refractivity contribution in [1.29, 1.82) is 0 Å². The number of carbonyl (C=O) groups excluding carboxylic acids is 1. The van der Waals surface area contributed by atoms with E-state index in [1.165, 1.54) is 4.88 Å². The van der Waals surface area contributed by atoms with Crippen molar-refractivity contribution in [3.63, 3.8) is 0 Å². The molecule has 1 aliphatic rings. The summed E-state index contributed by atoms with van der Waals surface area (Å²) in [6.07, 6.45) is 0.711. The smallest absolute Gasteiger partial charge is 0.164 e. The van der Waals surface area contributed by atoms with Crippen LogP contribution in [-0.4, -0.2) is 38.4 Å². The van der Waals surface area contributed by atoms with Crippen LogP contribution in [0.4, 0.5) is 5.82 Å². The number of aromatic nitrogens is 1. The van der Waals surface area contributed by atoms with Gasteiger partial charge in [-0.25, -0.2) is 13.8 Å². The molecule has 2 aromatic rings. The van der Waals surface area contributed by atoms with Gasteiger partial charge in [-0.1, -0.05) is 32.2 Å². The van der Waals surface area contributed by atoms with E-state index < -0.39 is 0 Å². The standard InChI is InChI=1S/C12H16NOS.C8H9N2O.C2H6.B.Y/c1-8(2)13-12(10(4)14)7-11-6-5-9(3)15-11;1-6-2-3-7-8(10-6)9-4-5-11-7;1-2;;/h5-6,12-13H,1,3,7H2,2,4H3;2-3H,1,4-5H2,(H,9,10);1-2H3;;/q2*-1;;;/t12-;;;;/m0..../s1. The van der Waals surface area contributed by atoms with Gasteiger partial charge in [-0.05, 0) is 18.7 Å². The molecule has 3 heterocycles. The SMILES string of the molecule is C=C(C)N[C@@H](Cc1ccc([CH2-])s1)C(C)=O.CC.[B].[CH2-]c1ccc2c(n1)NCCO2.[Y]. The number of hydrogen-bond acceptors (Lipinski definition) is 6. The summed E-state index contributed by atoms with van der Waals surface area (Å²) >= 11 is 1.63. The van der Waals surface area contributed by atoms with Gasteiger partial charge in [0.15, 0.2) is 11.6 Å². The van der Waals surface area contributed by atoms with Crippen LogP contribution < -0.4 is 15.4 Å². The molecule has 0 amide bonds. The topological polar surface area (TPSA) is 63.2 Å². The minimum Gasteiger partial charge on any atom is -0.489 e. The molecule has 1 atom stereocenters. The zero-order chi connectivity index (χ0) is 21.1. The second kappa shape index (κ2) is 16.3. The molecule has 0 unspecified atom stereocenters. The maximum Gasteiger partial charge on any atom is 0.164 e. The first-order valence-corrected chi connectivity index (χ1v) is 10.2. The van der Waals surface area contributed by atoms with Gasteiger partial charge in [0.2, 0.25) is 0 Å². The molecule has 4 radical (unpaired) electrons. The normalized spacial score (nSPS) is 11.6. The summed E-state index contributed by atoms with van der Waals surface area (Å²) in [7, 11) is 0. The minimum absolute atomic E-state index is 0. The van der Waals surface area contributed by atoms with Crippen LogP contribution in [0.15, 0.2) is 36.5 Å². The minimum atomic E-state index is -0.166. The summed E-state index contributed by atoms with van der Waals surface area (Å²) in [5.41, 5.74) is 1.59. The quantitative estimate of drug-likeness (QED) is 0.474. The number of nitrogens with one attached hydrogen (secondary N) is 2. The second-order valence-electron chi connectivity index (χ2n) is 6.08. The molecule has 0 saturated heterocycles. The first-order valence-electron chi connectivity index (χ1n) is 9.38. The number of ketones is 1. The van der Waals surface area contributed by atoms with Crippen LogP contribution in [0.25, 0.3) is 0 Å². The summed E-state index contributed by atoms with van der Waals surface area (Å²) in [6, 6.07) is 7.55. The molecular formula is C22H31BN3O2SY-2. The fourth-order valence-electron chi connectivity index (χ4n) is 2.39. The van der Waals surface area contributed by atoms with Gasteiger partial charge in [-0.3, -0.25) is 9.78 Å². The Morgan fingerprint density at radius 2 is 1.97 bits per heavy atom. The summed E-state index contributed by atoms with van der Waals surface area (Å²) in [4.78, 5) is 17.7. The van der Waals surface area contributed by atoms with E-state index in [1.807, 2.05) is 45.0 Å². The third kappa shape index (κ3) is 11.1. The molecule has 0 fully saturated rings. The first kappa shape index (κ1) is 30.8. The molecule has 0 saturated carbocycles. The number of rotatable bonds is 5. The van der Waals surface area contributed by atoms with E-state index in [2.05, 4.69) is 36.0 Å². The third-order valence-corrected chi connectivity index (χ3v) is 4.57. The van der Waals surface area contributed by atoms with E-state index in [9.17, 15) is 4.79 Å². The number of pyridine rings is 1. The zero-order valence-corrected chi connectivity index (χ0v) is 22.1. The Labute approximate surface area is 212 Å². The van der Waals surface area contributed by atoms with Crippen molar-refractivity contribution in [3.05, 3.63) is 65.8 Å². The molecule has 3 rings (SSSR count). The monoisotopic (exact) mass is 501 g/mol. The molecule has 0 aromatic carbocycles. The summed E-state index contributed by atoms with van der Waals surface area (Å²) in [6.45, 7) is 20.3. The van der Waals surface area contributed by atoms with E-state index >= 15 is 0 Å². The van der Waals surface area contributed by atoms with Gasteiger partial charge in [0, 0.05) is 53.2 Å². The Morgan fingerprint density at radius 1 is 1.30 bits per heavy atom. The van der Waals surface area contributed by atoms with Crippen molar-refractivity contribution in [1.82, 2.24) is 10.3 Å². The maximum absolute atomic E-state index is 11.4. The van der Waals surface area contributed by atoms with Crippen LogP contribution in [-0.2, 0) is 43.9 Å². The number of carbonyl (C=O) groups is 1. The van der Waals surface area contributed by atoms with Gasteiger partial charge < -0.3 is 15.4 Å². The summed E-state index contributed by atoms with van der Waals surface area (Å²) in [5.74, 6) is 1.77. The van der Waals surface area contributed by atoms with Crippen LogP contribution in [0.5, 0.6) is 5.75 Å². The number of thiophene rings is 1. The van der Waals surface area contributed by atoms with Gasteiger partial charge in [0.1, 0.15) is 12.4 Å². The van der Waals surface area contributed by atoms with Crippen LogP contribution >= 0.6 is 11.3 Å². The zero-order valence-electron chi connectivity index (χ0n) is 18.5. The van der Waals surface area contributed by atoms with Gasteiger partial charge >= 0.3 is 0 Å². The van der Waals surface area contributed by atoms with E-state index in [-0.39, 0.29) is 52.9 Å². The average Bonchev–Trinajstić information content (AvgIpc) is 3.07. The maximum atomic E-state index is 11.4. The van der Waals surface area contributed by atoms with Crippen molar-refractivity contribution in [2.45, 2.75) is 40.2 Å². The molecule has 0 bridgehead atoms. The number of Topliss-reactive ketones (excluding diaryl/α,β-unsaturated/α-hetero) is 1. The number of allylic oxidation sites excluding steroid dienone is 1. The molecule has 2 N–H and O–H groups in total. The molecule has 0 spiro atoms. The van der Waals surface area contributed by atoms with Gasteiger partial charge in [0.25, 0.3) is 0 Å². The van der Waals surface area contributed by atoms with Crippen LogP contribution in [0.1, 0.15) is 43.1 Å². The number of hydrogen-bond donors (Lipinski definition) is 2. The largest absolute Gasteiger partial charge is 0.489 e. The predicted molar refractivity (Wildman–Crippen MR) is 125 cm³/mol. The molecule has 2 aromatic heterocycles. The Bertz CT molecular complexity index is 783. The molecule has 0 aliphatic carbocycles. The van der Waals surface area contributed by atoms with Crippen LogP contribution in [0.3, 0.4) is 0 Å². The fraction of sp³-hybridized carbons (Fsp3) is 0.364. The van der Waals surface area contributed by atoms with E-state index in [1.54, 1.807) is 18.3 Å². The molecule has 5 nitrogen and oxygen atoms in total. The number of fused-ring (bicyclic) bond motifs is 1. The van der Waals surface area contributed by atoms with Crippen molar-refractivity contribution < 1.29 is 42.2 Å². The van der Waals surface area contributed by atoms with E-state index in [0.717, 1.165) is 34.4 Å². The second-order valence-corrected chi connectivity index (χ2v) is 7.34. The van der Waals surface area contributed by atoms with Crippen molar-refractivity contribution in [2.24, 2.45) is 0 Å². The number of nitrogens with zero attached hydrogens (tertiary/aromatic N) is 1.